The van der Waals surface area contributed by atoms with Gasteiger partial charge >= 0.3 is 5.97 Å². The normalized spacial score (nSPS) is 21.8. The van der Waals surface area contributed by atoms with Crippen LogP contribution in [0.15, 0.2) is 54.2 Å². The molecule has 1 saturated carbocycles. The predicted octanol–water partition coefficient (Wildman–Crippen LogP) is 6.09. The Bertz CT molecular complexity index is 1350. The van der Waals surface area contributed by atoms with Gasteiger partial charge in [-0.15, -0.1) is 0 Å². The Hall–Kier alpha value is -3.68. The number of allylic oxidation sites excluding steroid dienone is 1. The lowest BCUT2D eigenvalue weighted by Gasteiger charge is -2.52. The fourth-order valence-electron chi connectivity index (χ4n) is 5.74. The SMILES string of the molecule is COc1cc(C)c2[nH]ccc2c1C(=O)N1CCC2(CC(=C(F)F)C2)C[C@H]1c1ccc(C(=O)O)cc1. The smallest absolute Gasteiger partial charge is 0.335 e. The first-order valence-corrected chi connectivity index (χ1v) is 11.5. The number of aromatic carboxylic acids is 1. The third-order valence-corrected chi connectivity index (χ3v) is 7.57. The molecule has 35 heavy (non-hydrogen) atoms. The van der Waals surface area contributed by atoms with Crippen molar-refractivity contribution in [2.45, 2.75) is 38.6 Å². The number of nitrogens with one attached hydrogen (secondary N) is 1. The van der Waals surface area contributed by atoms with Gasteiger partial charge in [-0.2, -0.15) is 8.78 Å². The number of rotatable bonds is 4. The van der Waals surface area contributed by atoms with Gasteiger partial charge in [0, 0.05) is 23.6 Å². The number of H-pyrrole nitrogens is 1. The summed E-state index contributed by atoms with van der Waals surface area (Å²) >= 11 is 0. The van der Waals surface area contributed by atoms with Crippen LogP contribution in [-0.4, -0.2) is 40.5 Å². The van der Waals surface area contributed by atoms with Gasteiger partial charge in [0.05, 0.1) is 24.3 Å². The molecule has 5 rings (SSSR count). The second-order valence-corrected chi connectivity index (χ2v) is 9.65. The average Bonchev–Trinajstić information content (AvgIpc) is 3.32. The van der Waals surface area contributed by atoms with Crippen LogP contribution in [0.3, 0.4) is 0 Å². The Labute approximate surface area is 201 Å². The molecule has 2 fully saturated rings. The van der Waals surface area contributed by atoms with E-state index in [2.05, 4.69) is 4.98 Å². The van der Waals surface area contributed by atoms with Crippen molar-refractivity contribution in [3.05, 3.63) is 76.5 Å². The van der Waals surface area contributed by atoms with E-state index >= 15 is 0 Å². The Morgan fingerprint density at radius 3 is 2.51 bits per heavy atom. The summed E-state index contributed by atoms with van der Waals surface area (Å²) in [7, 11) is 1.53. The molecule has 1 saturated heterocycles. The summed E-state index contributed by atoms with van der Waals surface area (Å²) in [5.74, 6) is -0.746. The van der Waals surface area contributed by atoms with Crippen molar-refractivity contribution >= 4 is 22.8 Å². The summed E-state index contributed by atoms with van der Waals surface area (Å²) < 4.78 is 31.9. The van der Waals surface area contributed by atoms with Gasteiger partial charge in [0.1, 0.15) is 5.75 Å². The number of benzene rings is 2. The molecule has 0 radical (unpaired) electrons. The van der Waals surface area contributed by atoms with E-state index in [1.807, 2.05) is 19.1 Å². The highest BCUT2D eigenvalue weighted by atomic mass is 19.3. The number of carbonyl (C=O) groups excluding carboxylic acids is 1. The van der Waals surface area contributed by atoms with Crippen LogP contribution in [0, 0.1) is 12.3 Å². The number of fused-ring (bicyclic) bond motifs is 1. The van der Waals surface area contributed by atoms with E-state index in [-0.39, 0.29) is 28.5 Å². The third kappa shape index (κ3) is 3.87. The van der Waals surface area contributed by atoms with Crippen LogP contribution in [-0.2, 0) is 0 Å². The summed E-state index contributed by atoms with van der Waals surface area (Å²) in [6, 6.07) is 9.79. The van der Waals surface area contributed by atoms with Crippen LogP contribution >= 0.6 is 0 Å². The maximum Gasteiger partial charge on any atom is 0.335 e. The van der Waals surface area contributed by atoms with E-state index < -0.39 is 12.0 Å². The number of ether oxygens (including phenoxy) is 1. The van der Waals surface area contributed by atoms with Crippen molar-refractivity contribution in [3.63, 3.8) is 0 Å². The first-order valence-electron chi connectivity index (χ1n) is 11.5. The Balaban J connectivity index is 1.56. The maximum absolute atomic E-state index is 14.1. The summed E-state index contributed by atoms with van der Waals surface area (Å²) in [5, 5.41) is 10.1. The molecule has 2 aliphatic rings. The molecule has 182 valence electrons. The minimum atomic E-state index is -1.60. The number of carbonyl (C=O) groups is 2. The topological polar surface area (TPSA) is 82.6 Å². The standard InChI is InChI=1S/C27H26F2N2O4/c1-15-11-21(35-2)22(19-7-9-30-23(15)19)25(32)31-10-8-27(12-18(13-27)24(28)29)14-20(31)16-3-5-17(6-4-16)26(33)34/h3-7,9,11,20,30H,8,10,12-14H2,1-2H3,(H,33,34)/t20-/m0/s1. The van der Waals surface area contributed by atoms with Crippen molar-refractivity contribution in [2.24, 2.45) is 5.41 Å². The minimum absolute atomic E-state index is 0.153. The molecule has 1 atom stereocenters. The fourth-order valence-corrected chi connectivity index (χ4v) is 5.74. The second-order valence-electron chi connectivity index (χ2n) is 9.65. The van der Waals surface area contributed by atoms with Crippen LogP contribution in [0.1, 0.15) is 63.6 Å². The molecule has 0 unspecified atom stereocenters. The van der Waals surface area contributed by atoms with Crippen LogP contribution < -0.4 is 4.74 Å². The van der Waals surface area contributed by atoms with Crippen molar-refractivity contribution < 1.29 is 28.2 Å². The lowest BCUT2D eigenvalue weighted by molar-refractivity contribution is 0.0174. The highest BCUT2D eigenvalue weighted by molar-refractivity contribution is 6.09. The highest BCUT2D eigenvalue weighted by Crippen LogP contribution is 2.57. The van der Waals surface area contributed by atoms with E-state index in [0.29, 0.717) is 43.5 Å². The lowest BCUT2D eigenvalue weighted by atomic mass is 9.58. The van der Waals surface area contributed by atoms with E-state index in [0.717, 1.165) is 22.0 Å². The molecule has 1 aliphatic heterocycles. The molecule has 0 bridgehead atoms. The number of amides is 1. The zero-order valence-corrected chi connectivity index (χ0v) is 19.5. The molecule has 1 spiro atoms. The third-order valence-electron chi connectivity index (χ3n) is 7.57. The number of carboxylic acid groups (broad SMARTS) is 1. The second kappa shape index (κ2) is 8.52. The number of aromatic amines is 1. The van der Waals surface area contributed by atoms with E-state index in [9.17, 15) is 23.5 Å². The Kier molecular flexibility index (Phi) is 5.62. The van der Waals surface area contributed by atoms with Gasteiger partial charge in [-0.05, 0) is 79.0 Å². The van der Waals surface area contributed by atoms with Crippen LogP contribution in [0.5, 0.6) is 5.75 Å². The molecule has 8 heteroatoms. The fraction of sp³-hybridized carbons (Fsp3) is 0.333. The number of methoxy groups -OCH3 is 1. The maximum atomic E-state index is 14.1. The quantitative estimate of drug-likeness (QED) is 0.473. The number of carboxylic acids is 1. The van der Waals surface area contributed by atoms with Crippen molar-refractivity contribution in [2.75, 3.05) is 13.7 Å². The molecule has 6 nitrogen and oxygen atoms in total. The molecule has 2 aromatic carbocycles. The summed E-state index contributed by atoms with van der Waals surface area (Å²) in [6.07, 6.45) is 2.01. The van der Waals surface area contributed by atoms with Crippen LogP contribution in [0.2, 0.25) is 0 Å². The number of aryl methyl sites for hydroxylation is 1. The predicted molar refractivity (Wildman–Crippen MR) is 127 cm³/mol. The number of hydrogen-bond donors (Lipinski definition) is 2. The van der Waals surface area contributed by atoms with E-state index in [1.165, 1.54) is 19.2 Å². The van der Waals surface area contributed by atoms with Crippen LogP contribution in [0.4, 0.5) is 8.78 Å². The molecular formula is C27H26F2N2O4. The number of nitrogens with zero attached hydrogens (tertiary/aromatic N) is 1. The summed E-state index contributed by atoms with van der Waals surface area (Å²) in [5.41, 5.74) is 3.13. The summed E-state index contributed by atoms with van der Waals surface area (Å²) in [4.78, 5) is 30.4. The van der Waals surface area contributed by atoms with Gasteiger partial charge in [-0.1, -0.05) is 12.1 Å². The molecule has 3 aromatic rings. The molecule has 1 aromatic heterocycles. The molecule has 2 N–H and O–H groups in total. The van der Waals surface area contributed by atoms with Crippen molar-refractivity contribution in [1.82, 2.24) is 9.88 Å². The molecule has 1 aliphatic carbocycles. The number of aromatic nitrogens is 1. The van der Waals surface area contributed by atoms with E-state index in [4.69, 9.17) is 4.74 Å². The largest absolute Gasteiger partial charge is 0.496 e. The number of piperidine rings is 1. The molecular weight excluding hydrogens is 454 g/mol. The number of likely N-dealkylation sites (tertiary alicyclic amines) is 1. The van der Waals surface area contributed by atoms with Crippen LogP contribution in [0.25, 0.3) is 10.9 Å². The zero-order valence-electron chi connectivity index (χ0n) is 19.5. The van der Waals surface area contributed by atoms with Gasteiger partial charge in [-0.25, -0.2) is 4.79 Å². The van der Waals surface area contributed by atoms with E-state index in [1.54, 1.807) is 23.2 Å². The van der Waals surface area contributed by atoms with Gasteiger partial charge in [-0.3, -0.25) is 4.79 Å². The van der Waals surface area contributed by atoms with Crippen molar-refractivity contribution in [3.8, 4) is 5.75 Å². The van der Waals surface area contributed by atoms with Gasteiger partial charge in [0.25, 0.3) is 12.0 Å². The highest BCUT2D eigenvalue weighted by Gasteiger charge is 2.49. The number of hydrogen-bond acceptors (Lipinski definition) is 3. The monoisotopic (exact) mass is 480 g/mol. The molecule has 2 heterocycles. The zero-order chi connectivity index (χ0) is 24.9. The lowest BCUT2D eigenvalue weighted by Crippen LogP contribution is -2.48. The Morgan fingerprint density at radius 2 is 1.89 bits per heavy atom. The first-order chi connectivity index (χ1) is 16.7. The minimum Gasteiger partial charge on any atom is -0.496 e. The molecule has 1 amide bonds. The first kappa shape index (κ1) is 23.1. The summed E-state index contributed by atoms with van der Waals surface area (Å²) in [6.45, 7) is 2.35. The average molecular weight is 481 g/mol. The van der Waals surface area contributed by atoms with Crippen molar-refractivity contribution in [1.29, 1.82) is 0 Å². The number of halogens is 2. The van der Waals surface area contributed by atoms with Gasteiger partial charge < -0.3 is 19.7 Å². The Morgan fingerprint density at radius 1 is 1.17 bits per heavy atom. The van der Waals surface area contributed by atoms with Gasteiger partial charge in [0.15, 0.2) is 0 Å². The van der Waals surface area contributed by atoms with Gasteiger partial charge in [0.2, 0.25) is 0 Å².